The van der Waals surface area contributed by atoms with Gasteiger partial charge in [-0.05, 0) is 31.3 Å². The molecule has 18 heavy (non-hydrogen) atoms. The summed E-state index contributed by atoms with van der Waals surface area (Å²) in [5.41, 5.74) is 1.63. The number of hydrogen-bond acceptors (Lipinski definition) is 5. The lowest BCUT2D eigenvalue weighted by atomic mass is 9.89. The molecule has 0 saturated carbocycles. The number of carbonyl (C=O) groups is 3. The quantitative estimate of drug-likeness (QED) is 0.580. The molecule has 1 aliphatic heterocycles. The molecule has 1 aliphatic carbocycles. The highest BCUT2D eigenvalue weighted by Gasteiger charge is 2.27. The topological polar surface area (TPSA) is 89.9 Å². The Morgan fingerprint density at radius 3 is 2.67 bits per heavy atom. The summed E-state index contributed by atoms with van der Waals surface area (Å²) in [4.78, 5) is 42.6. The summed E-state index contributed by atoms with van der Waals surface area (Å²) < 4.78 is 0. The second-order valence-electron chi connectivity index (χ2n) is 4.14. The van der Waals surface area contributed by atoms with Gasteiger partial charge in [0, 0.05) is 16.7 Å². The van der Waals surface area contributed by atoms with Gasteiger partial charge >= 0.3 is 11.9 Å². The number of hydrogen-bond donors (Lipinski definition) is 1. The summed E-state index contributed by atoms with van der Waals surface area (Å²) >= 11 is 0. The third kappa shape index (κ3) is 2.33. The molecule has 0 aromatic heterocycles. The summed E-state index contributed by atoms with van der Waals surface area (Å²) in [6.45, 7) is 0.171. The lowest BCUT2D eigenvalue weighted by Crippen LogP contribution is -2.22. The molecule has 0 aromatic carbocycles. The fraction of sp³-hybridized carbons (Fsp3) is 0.417. The molecule has 2 aliphatic rings. The van der Waals surface area contributed by atoms with Crippen LogP contribution in [-0.2, 0) is 24.2 Å². The van der Waals surface area contributed by atoms with Crippen LogP contribution in [-0.4, -0.2) is 29.9 Å². The maximum atomic E-state index is 11.5. The number of aliphatic carboxylic acids is 1. The average Bonchev–Trinajstić information content (AvgIpc) is 2.30. The SMILES string of the molecule is O=C/C1=C(\C(=O)O)CCC2=C(CC1)C(=O)OOC2. The van der Waals surface area contributed by atoms with Crippen LogP contribution < -0.4 is 0 Å². The Bertz CT molecular complexity index is 469. The average molecular weight is 252 g/mol. The van der Waals surface area contributed by atoms with E-state index >= 15 is 0 Å². The molecule has 0 unspecified atom stereocenters. The van der Waals surface area contributed by atoms with Crippen LogP contribution in [0.25, 0.3) is 0 Å². The first-order valence-corrected chi connectivity index (χ1v) is 5.58. The van der Waals surface area contributed by atoms with Crippen molar-refractivity contribution in [3.05, 3.63) is 22.3 Å². The predicted octanol–water partition coefficient (Wildman–Crippen LogP) is 0.925. The first-order valence-electron chi connectivity index (χ1n) is 5.58. The van der Waals surface area contributed by atoms with Crippen LogP contribution in [0, 0.1) is 0 Å². The van der Waals surface area contributed by atoms with Gasteiger partial charge in [-0.3, -0.25) is 9.68 Å². The molecule has 0 saturated heterocycles. The minimum atomic E-state index is -1.08. The van der Waals surface area contributed by atoms with Gasteiger partial charge in [0.05, 0.1) is 0 Å². The van der Waals surface area contributed by atoms with Gasteiger partial charge in [0.25, 0.3) is 0 Å². The van der Waals surface area contributed by atoms with E-state index < -0.39 is 11.9 Å². The van der Waals surface area contributed by atoms with E-state index in [1.54, 1.807) is 0 Å². The van der Waals surface area contributed by atoms with Crippen LogP contribution in [0.15, 0.2) is 22.3 Å². The molecule has 1 N–H and O–H groups in total. The van der Waals surface area contributed by atoms with Gasteiger partial charge in [0.2, 0.25) is 0 Å². The maximum absolute atomic E-state index is 11.5. The van der Waals surface area contributed by atoms with Crippen LogP contribution in [0.4, 0.5) is 0 Å². The Morgan fingerprint density at radius 1 is 1.22 bits per heavy atom. The molecule has 0 atom stereocenters. The molecule has 0 aromatic rings. The Kier molecular flexibility index (Phi) is 3.57. The van der Waals surface area contributed by atoms with Crippen molar-refractivity contribution in [2.75, 3.05) is 6.61 Å². The van der Waals surface area contributed by atoms with Crippen LogP contribution in [0.3, 0.4) is 0 Å². The molecule has 6 nitrogen and oxygen atoms in total. The highest BCUT2D eigenvalue weighted by Crippen LogP contribution is 2.29. The van der Waals surface area contributed by atoms with E-state index in [-0.39, 0.29) is 30.6 Å². The van der Waals surface area contributed by atoms with E-state index in [0.717, 1.165) is 5.57 Å². The van der Waals surface area contributed by atoms with Crippen molar-refractivity contribution in [1.82, 2.24) is 0 Å². The lowest BCUT2D eigenvalue weighted by Gasteiger charge is -2.21. The molecule has 6 heteroatoms. The first-order chi connectivity index (χ1) is 8.63. The summed E-state index contributed by atoms with van der Waals surface area (Å²) in [6, 6.07) is 0. The first kappa shape index (κ1) is 12.5. The van der Waals surface area contributed by atoms with Gasteiger partial charge in [-0.25, -0.2) is 9.59 Å². The lowest BCUT2D eigenvalue weighted by molar-refractivity contribution is -0.268. The second-order valence-corrected chi connectivity index (χ2v) is 4.14. The number of carbonyl (C=O) groups excluding carboxylic acids is 2. The second kappa shape index (κ2) is 5.14. The van der Waals surface area contributed by atoms with E-state index in [2.05, 4.69) is 9.78 Å². The molecular formula is C12H12O6. The van der Waals surface area contributed by atoms with Gasteiger partial charge in [-0.15, -0.1) is 0 Å². The summed E-state index contributed by atoms with van der Waals surface area (Å²) in [5.74, 6) is -1.62. The molecule has 2 rings (SSSR count). The molecule has 1 heterocycles. The third-order valence-corrected chi connectivity index (χ3v) is 3.15. The summed E-state index contributed by atoms with van der Waals surface area (Å²) in [5, 5.41) is 9.05. The van der Waals surface area contributed by atoms with Crippen molar-refractivity contribution in [2.45, 2.75) is 25.7 Å². The third-order valence-electron chi connectivity index (χ3n) is 3.15. The zero-order valence-electron chi connectivity index (χ0n) is 9.60. The van der Waals surface area contributed by atoms with Gasteiger partial charge < -0.3 is 5.11 Å². The highest BCUT2D eigenvalue weighted by molar-refractivity contribution is 5.95. The molecule has 0 bridgehead atoms. The van der Waals surface area contributed by atoms with Crippen molar-refractivity contribution in [3.63, 3.8) is 0 Å². The van der Waals surface area contributed by atoms with Gasteiger partial charge in [0.15, 0.2) is 0 Å². The van der Waals surface area contributed by atoms with Crippen molar-refractivity contribution >= 4 is 18.2 Å². The standard InChI is InChI=1S/C12H12O6/c13-5-7-1-4-10-8(6-17-18-12(10)16)2-3-9(7)11(14)15/h5H,1-4,6H2,(H,14,15)/b9-7-. The Morgan fingerprint density at radius 2 is 2.00 bits per heavy atom. The van der Waals surface area contributed by atoms with Gasteiger partial charge in [0.1, 0.15) is 12.9 Å². The minimum Gasteiger partial charge on any atom is -0.478 e. The summed E-state index contributed by atoms with van der Waals surface area (Å²) in [7, 11) is 0. The molecule has 96 valence electrons. The molecule has 0 fully saturated rings. The fourth-order valence-corrected chi connectivity index (χ4v) is 2.16. The molecule has 0 spiro atoms. The Balaban J connectivity index is 2.29. The largest absolute Gasteiger partial charge is 0.478 e. The van der Waals surface area contributed by atoms with Crippen LogP contribution in [0.5, 0.6) is 0 Å². The van der Waals surface area contributed by atoms with E-state index in [1.165, 1.54) is 0 Å². The number of rotatable bonds is 2. The predicted molar refractivity (Wildman–Crippen MR) is 58.3 cm³/mol. The minimum absolute atomic E-state index is 0.121. The number of aldehydes is 1. The molecular weight excluding hydrogens is 240 g/mol. The van der Waals surface area contributed by atoms with Crippen molar-refractivity contribution in [2.24, 2.45) is 0 Å². The van der Waals surface area contributed by atoms with Crippen molar-refractivity contribution in [3.8, 4) is 0 Å². The normalized spacial score (nSPS) is 24.8. The number of allylic oxidation sites excluding steroid dienone is 1. The van der Waals surface area contributed by atoms with E-state index in [9.17, 15) is 14.4 Å². The zero-order valence-corrected chi connectivity index (χ0v) is 9.60. The number of carboxylic acid groups (broad SMARTS) is 1. The Labute approximate surface area is 103 Å². The van der Waals surface area contributed by atoms with Gasteiger partial charge in [-0.1, -0.05) is 0 Å². The molecule has 0 radical (unpaired) electrons. The fourth-order valence-electron chi connectivity index (χ4n) is 2.16. The molecule has 0 amide bonds. The van der Waals surface area contributed by atoms with E-state index in [1.807, 2.05) is 0 Å². The van der Waals surface area contributed by atoms with Crippen molar-refractivity contribution in [1.29, 1.82) is 0 Å². The van der Waals surface area contributed by atoms with Crippen LogP contribution in [0.2, 0.25) is 0 Å². The Hall–Kier alpha value is -1.95. The van der Waals surface area contributed by atoms with Gasteiger partial charge in [-0.2, -0.15) is 4.89 Å². The van der Waals surface area contributed by atoms with Crippen LogP contribution in [0.1, 0.15) is 25.7 Å². The maximum Gasteiger partial charge on any atom is 0.369 e. The van der Waals surface area contributed by atoms with E-state index in [0.29, 0.717) is 24.7 Å². The van der Waals surface area contributed by atoms with Crippen LogP contribution >= 0.6 is 0 Å². The van der Waals surface area contributed by atoms with Crippen molar-refractivity contribution < 1.29 is 29.3 Å². The highest BCUT2D eigenvalue weighted by atomic mass is 17.2. The monoisotopic (exact) mass is 252 g/mol. The number of carboxylic acids is 1. The van der Waals surface area contributed by atoms with E-state index in [4.69, 9.17) is 5.11 Å². The zero-order chi connectivity index (χ0) is 13.1. The summed E-state index contributed by atoms with van der Waals surface area (Å²) in [6.07, 6.45) is 1.71. The smallest absolute Gasteiger partial charge is 0.369 e.